The Morgan fingerprint density at radius 3 is 2.33 bits per heavy atom. The molecule has 0 bridgehead atoms. The van der Waals surface area contributed by atoms with Crippen LogP contribution in [0.15, 0.2) is 33.6 Å². The average molecular weight is 372 g/mol. The van der Waals surface area contributed by atoms with Gasteiger partial charge in [0.05, 0.1) is 7.11 Å². The van der Waals surface area contributed by atoms with E-state index in [0.717, 1.165) is 0 Å². The van der Waals surface area contributed by atoms with E-state index >= 15 is 0 Å². The van der Waals surface area contributed by atoms with Gasteiger partial charge in [-0.1, -0.05) is 15.9 Å². The van der Waals surface area contributed by atoms with E-state index in [9.17, 15) is 8.42 Å². The zero-order valence-electron chi connectivity index (χ0n) is 11.7. The molecule has 6 nitrogen and oxygen atoms in total. The Morgan fingerprint density at radius 1 is 1.14 bits per heavy atom. The normalized spacial score (nSPS) is 11.2. The van der Waals surface area contributed by atoms with Crippen LogP contribution in [0.2, 0.25) is 0 Å². The molecule has 1 aromatic carbocycles. The second-order valence-corrected chi connectivity index (χ2v) is 6.94. The summed E-state index contributed by atoms with van der Waals surface area (Å²) in [6.45, 7) is 3.54. The van der Waals surface area contributed by atoms with Gasteiger partial charge >= 0.3 is 0 Å². The van der Waals surface area contributed by atoms with E-state index in [2.05, 4.69) is 30.6 Å². The first-order chi connectivity index (χ1) is 9.81. The van der Waals surface area contributed by atoms with Gasteiger partial charge in [0.2, 0.25) is 5.95 Å². The number of aromatic nitrogens is 2. The number of nitrogens with zero attached hydrogens (tertiary/aromatic N) is 2. The van der Waals surface area contributed by atoms with Crippen LogP contribution in [0.1, 0.15) is 11.4 Å². The molecule has 8 heteroatoms. The predicted molar refractivity (Wildman–Crippen MR) is 83.0 cm³/mol. The van der Waals surface area contributed by atoms with Crippen LogP contribution in [0.3, 0.4) is 0 Å². The van der Waals surface area contributed by atoms with Gasteiger partial charge in [-0.3, -0.25) is 0 Å². The molecule has 0 aliphatic rings. The monoisotopic (exact) mass is 371 g/mol. The minimum absolute atomic E-state index is 0.0159. The summed E-state index contributed by atoms with van der Waals surface area (Å²) < 4.78 is 33.0. The molecule has 0 atom stereocenters. The Hall–Kier alpha value is -1.67. The predicted octanol–water partition coefficient (Wildman–Crippen LogP) is 2.67. The Kier molecular flexibility index (Phi) is 4.48. The van der Waals surface area contributed by atoms with Gasteiger partial charge in [0.15, 0.2) is 0 Å². The first-order valence-corrected chi connectivity index (χ1v) is 8.28. The number of nitrogens with one attached hydrogen (secondary N) is 1. The number of ether oxygens (including phenoxy) is 1. The quantitative estimate of drug-likeness (QED) is 0.893. The minimum Gasteiger partial charge on any atom is -0.495 e. The number of halogens is 1. The zero-order chi connectivity index (χ0) is 15.6. The fourth-order valence-electron chi connectivity index (χ4n) is 1.81. The maximum absolute atomic E-state index is 12.5. The number of anilines is 1. The molecule has 0 fully saturated rings. The van der Waals surface area contributed by atoms with Crippen LogP contribution in [0.25, 0.3) is 0 Å². The average Bonchev–Trinajstić information content (AvgIpc) is 2.36. The van der Waals surface area contributed by atoms with Crippen LogP contribution in [0.4, 0.5) is 5.95 Å². The summed E-state index contributed by atoms with van der Waals surface area (Å²) in [6.07, 6.45) is 0. The van der Waals surface area contributed by atoms with Crippen molar-refractivity contribution in [1.29, 1.82) is 0 Å². The highest BCUT2D eigenvalue weighted by Crippen LogP contribution is 2.28. The third-order valence-corrected chi connectivity index (χ3v) is 4.47. The van der Waals surface area contributed by atoms with E-state index in [-0.39, 0.29) is 16.6 Å². The van der Waals surface area contributed by atoms with E-state index in [1.807, 2.05) is 0 Å². The van der Waals surface area contributed by atoms with Crippen LogP contribution in [0, 0.1) is 13.8 Å². The van der Waals surface area contributed by atoms with Crippen molar-refractivity contribution < 1.29 is 13.2 Å². The molecule has 1 N–H and O–H groups in total. The lowest BCUT2D eigenvalue weighted by Gasteiger charge is -2.11. The van der Waals surface area contributed by atoms with Crippen LogP contribution in [-0.2, 0) is 10.0 Å². The Morgan fingerprint density at radius 2 is 1.76 bits per heavy atom. The van der Waals surface area contributed by atoms with E-state index in [0.29, 0.717) is 15.9 Å². The lowest BCUT2D eigenvalue weighted by atomic mass is 10.3. The number of hydrogen-bond donors (Lipinski definition) is 1. The first kappa shape index (κ1) is 15.7. The lowest BCUT2D eigenvalue weighted by Crippen LogP contribution is -2.16. The van der Waals surface area contributed by atoms with Crippen LogP contribution in [0.5, 0.6) is 5.75 Å². The van der Waals surface area contributed by atoms with E-state index in [1.54, 1.807) is 32.0 Å². The van der Waals surface area contributed by atoms with Crippen molar-refractivity contribution in [3.8, 4) is 5.75 Å². The molecule has 2 aromatic rings. The van der Waals surface area contributed by atoms with Gasteiger partial charge in [0.1, 0.15) is 10.6 Å². The van der Waals surface area contributed by atoms with Crippen molar-refractivity contribution in [2.75, 3.05) is 11.8 Å². The molecular weight excluding hydrogens is 358 g/mol. The summed E-state index contributed by atoms with van der Waals surface area (Å²) in [7, 11) is -2.43. The largest absolute Gasteiger partial charge is 0.495 e. The third-order valence-electron chi connectivity index (χ3n) is 2.62. The van der Waals surface area contributed by atoms with Crippen molar-refractivity contribution in [3.05, 3.63) is 40.1 Å². The van der Waals surface area contributed by atoms with Crippen molar-refractivity contribution in [1.82, 2.24) is 9.97 Å². The molecule has 0 unspecified atom stereocenters. The third kappa shape index (κ3) is 3.70. The maximum Gasteiger partial charge on any atom is 0.267 e. The number of benzene rings is 1. The molecule has 0 saturated carbocycles. The molecule has 0 amide bonds. The van der Waals surface area contributed by atoms with Gasteiger partial charge in [-0.2, -0.15) is 0 Å². The first-order valence-electron chi connectivity index (χ1n) is 6.00. The lowest BCUT2D eigenvalue weighted by molar-refractivity contribution is 0.403. The van der Waals surface area contributed by atoms with Crippen molar-refractivity contribution >= 4 is 31.9 Å². The minimum atomic E-state index is -3.84. The Bertz CT molecular complexity index is 758. The van der Waals surface area contributed by atoms with Gasteiger partial charge in [-0.15, -0.1) is 0 Å². The van der Waals surface area contributed by atoms with Crippen LogP contribution >= 0.6 is 15.9 Å². The van der Waals surface area contributed by atoms with Gasteiger partial charge < -0.3 is 4.74 Å². The number of hydrogen-bond acceptors (Lipinski definition) is 5. The molecule has 112 valence electrons. The molecule has 1 heterocycles. The smallest absolute Gasteiger partial charge is 0.267 e. The number of sulfonamides is 1. The van der Waals surface area contributed by atoms with Gasteiger partial charge in [0, 0.05) is 15.9 Å². The second kappa shape index (κ2) is 5.98. The van der Waals surface area contributed by atoms with Crippen molar-refractivity contribution in [2.45, 2.75) is 18.7 Å². The molecule has 0 aliphatic heterocycles. The van der Waals surface area contributed by atoms with Crippen molar-refractivity contribution in [3.63, 3.8) is 0 Å². The summed E-state index contributed by atoms with van der Waals surface area (Å²) in [6, 6.07) is 6.49. The summed E-state index contributed by atoms with van der Waals surface area (Å²) in [4.78, 5) is 8.15. The van der Waals surface area contributed by atoms with E-state index < -0.39 is 10.0 Å². The Balaban J connectivity index is 2.45. The van der Waals surface area contributed by atoms with E-state index in [4.69, 9.17) is 4.74 Å². The summed E-state index contributed by atoms with van der Waals surface area (Å²) in [5, 5.41) is 0. The van der Waals surface area contributed by atoms with Crippen LogP contribution < -0.4 is 9.46 Å². The van der Waals surface area contributed by atoms with Crippen molar-refractivity contribution in [2.24, 2.45) is 0 Å². The molecule has 0 aliphatic carbocycles. The summed E-state index contributed by atoms with van der Waals surface area (Å²) in [5.41, 5.74) is 1.36. The molecule has 0 saturated heterocycles. The molecule has 0 radical (unpaired) electrons. The number of rotatable bonds is 4. The molecule has 0 spiro atoms. The maximum atomic E-state index is 12.5. The fraction of sp³-hybridized carbons (Fsp3) is 0.231. The Labute approximate surface area is 131 Å². The zero-order valence-corrected chi connectivity index (χ0v) is 14.1. The second-order valence-electron chi connectivity index (χ2n) is 4.37. The van der Waals surface area contributed by atoms with Gasteiger partial charge in [0.25, 0.3) is 10.0 Å². The molecule has 2 rings (SSSR count). The molecule has 1 aromatic heterocycles. The highest BCUT2D eigenvalue weighted by Gasteiger charge is 2.21. The van der Waals surface area contributed by atoms with Gasteiger partial charge in [-0.05, 0) is 38.1 Å². The fourth-order valence-corrected chi connectivity index (χ4v) is 3.46. The van der Waals surface area contributed by atoms with Gasteiger partial charge in [-0.25, -0.2) is 23.1 Å². The highest BCUT2D eigenvalue weighted by molar-refractivity contribution is 9.10. The van der Waals surface area contributed by atoms with E-state index in [1.165, 1.54) is 13.2 Å². The van der Waals surface area contributed by atoms with Crippen LogP contribution in [-0.4, -0.2) is 25.5 Å². The summed E-state index contributed by atoms with van der Waals surface area (Å²) >= 11 is 3.25. The SMILES string of the molecule is COc1ccc(Br)cc1S(=O)(=O)Nc1nc(C)cc(C)n1. The molecular formula is C13H14BrN3O3S. The molecule has 21 heavy (non-hydrogen) atoms. The number of aryl methyl sites for hydroxylation is 2. The standard InChI is InChI=1S/C13H14BrN3O3S/c1-8-6-9(2)16-13(15-8)17-21(18,19)12-7-10(14)4-5-11(12)20-3/h4-7H,1-3H3,(H,15,16,17). The highest BCUT2D eigenvalue weighted by atomic mass is 79.9. The topological polar surface area (TPSA) is 81.2 Å². The number of methoxy groups -OCH3 is 1. The summed E-state index contributed by atoms with van der Waals surface area (Å²) in [5.74, 6) is 0.282.